The van der Waals surface area contributed by atoms with Gasteiger partial charge in [-0.2, -0.15) is 0 Å². The number of aryl methyl sites for hydroxylation is 1. The summed E-state index contributed by atoms with van der Waals surface area (Å²) < 4.78 is 7.56. The van der Waals surface area contributed by atoms with Crippen LogP contribution >= 0.6 is 0 Å². The summed E-state index contributed by atoms with van der Waals surface area (Å²) in [5, 5.41) is 23.8. The van der Waals surface area contributed by atoms with Crippen molar-refractivity contribution in [2.24, 2.45) is 7.05 Å². The molecule has 0 amide bonds. The maximum atomic E-state index is 12.8. The Morgan fingerprint density at radius 2 is 1.90 bits per heavy atom. The molecule has 0 aliphatic carbocycles. The largest absolute Gasteiger partial charge is 0.508 e. The lowest BCUT2D eigenvalue weighted by Gasteiger charge is -2.07. The smallest absolute Gasteiger partial charge is 0.235 e. The van der Waals surface area contributed by atoms with Gasteiger partial charge in [0, 0.05) is 55.3 Å². The fourth-order valence-corrected chi connectivity index (χ4v) is 3.92. The Bertz CT molecular complexity index is 1380. The van der Waals surface area contributed by atoms with Gasteiger partial charge in [-0.05, 0) is 35.4 Å². The van der Waals surface area contributed by atoms with Crippen molar-refractivity contribution in [3.63, 3.8) is 0 Å². The van der Waals surface area contributed by atoms with Crippen LogP contribution in [0.1, 0.15) is 15.9 Å². The number of aromatic nitrogens is 2. The van der Waals surface area contributed by atoms with Crippen LogP contribution in [0.5, 0.6) is 17.2 Å². The number of fused-ring (bicyclic) bond motifs is 2. The highest BCUT2D eigenvalue weighted by molar-refractivity contribution is 6.17. The molecule has 154 valence electrons. The van der Waals surface area contributed by atoms with Crippen LogP contribution < -0.4 is 10.1 Å². The second-order valence-corrected chi connectivity index (χ2v) is 7.36. The van der Waals surface area contributed by atoms with E-state index in [1.165, 1.54) is 6.07 Å². The molecule has 2 aromatic carbocycles. The molecule has 3 heterocycles. The fraction of sp³-hybridized carbons (Fsp3) is 0.0833. The number of hydrogen-bond donors (Lipinski definition) is 3. The first-order valence-electron chi connectivity index (χ1n) is 9.68. The maximum absolute atomic E-state index is 12.8. The highest BCUT2D eigenvalue weighted by atomic mass is 16.5. The number of Topliss-reactive ketones (excluding diaryl/α,β-unsaturated/α-hetero) is 1. The van der Waals surface area contributed by atoms with Crippen LogP contribution in [0, 0.1) is 0 Å². The zero-order valence-electron chi connectivity index (χ0n) is 16.9. The van der Waals surface area contributed by atoms with Crippen LogP contribution in [0.15, 0.2) is 60.6 Å². The van der Waals surface area contributed by atoms with Crippen molar-refractivity contribution >= 4 is 28.6 Å². The van der Waals surface area contributed by atoms with Crippen molar-refractivity contribution in [3.05, 3.63) is 71.7 Å². The monoisotopic (exact) mass is 413 g/mol. The van der Waals surface area contributed by atoms with E-state index < -0.39 is 5.78 Å². The van der Waals surface area contributed by atoms with Gasteiger partial charge >= 0.3 is 0 Å². The molecule has 0 saturated heterocycles. The third-order valence-electron chi connectivity index (χ3n) is 5.39. The molecule has 0 fully saturated rings. The van der Waals surface area contributed by atoms with Gasteiger partial charge in [0.2, 0.25) is 5.78 Å². The van der Waals surface area contributed by atoms with Gasteiger partial charge in [0.1, 0.15) is 28.5 Å². The molecule has 7 heteroatoms. The fourth-order valence-electron chi connectivity index (χ4n) is 3.92. The highest BCUT2D eigenvalue weighted by Crippen LogP contribution is 2.41. The first-order chi connectivity index (χ1) is 15.0. The van der Waals surface area contributed by atoms with Gasteiger partial charge in [-0.15, -0.1) is 0 Å². The molecule has 0 saturated carbocycles. The van der Waals surface area contributed by atoms with Crippen LogP contribution in [-0.2, 0) is 7.05 Å². The minimum Gasteiger partial charge on any atom is -0.508 e. The first kappa shape index (κ1) is 18.7. The lowest BCUT2D eigenvalue weighted by atomic mass is 10.00. The number of allylic oxidation sites excluding steroid dienone is 1. The molecule has 1 aliphatic heterocycles. The Hall–Kier alpha value is -4.26. The summed E-state index contributed by atoms with van der Waals surface area (Å²) in [6.45, 7) is 0. The third-order valence-corrected chi connectivity index (χ3v) is 5.39. The Balaban J connectivity index is 1.66. The summed E-state index contributed by atoms with van der Waals surface area (Å²) in [6, 6.07) is 12.4. The SMILES string of the molecule is CNc1ccc(-c2ccnc3c2c(C=C2Oc4cc(O)cc(O)c4C2=O)cn3C)cc1. The number of benzene rings is 2. The van der Waals surface area contributed by atoms with Gasteiger partial charge in [0.05, 0.1) is 0 Å². The minimum absolute atomic E-state index is 0.0466. The van der Waals surface area contributed by atoms with E-state index in [1.807, 2.05) is 55.2 Å². The van der Waals surface area contributed by atoms with Gasteiger partial charge in [0.15, 0.2) is 5.76 Å². The van der Waals surface area contributed by atoms with Gasteiger partial charge < -0.3 is 24.8 Å². The number of aromatic hydroxyl groups is 2. The number of carbonyl (C=O) groups excluding carboxylic acids is 1. The summed E-state index contributed by atoms with van der Waals surface area (Å²) in [4.78, 5) is 17.3. The highest BCUT2D eigenvalue weighted by Gasteiger charge is 2.31. The zero-order chi connectivity index (χ0) is 21.7. The lowest BCUT2D eigenvalue weighted by Crippen LogP contribution is -1.98. The van der Waals surface area contributed by atoms with Crippen LogP contribution in [0.25, 0.3) is 28.2 Å². The molecule has 0 radical (unpaired) electrons. The standard InChI is InChI=1S/C24H19N3O4/c1-25-15-5-3-13(4-6-15)17-7-8-26-24-21(17)14(12-27(24)2)9-20-23(30)22-18(29)10-16(28)11-19(22)31-20/h3-12,25,28-29H,1-2H3. The van der Waals surface area contributed by atoms with Crippen LogP contribution in [0.2, 0.25) is 0 Å². The van der Waals surface area contributed by atoms with Crippen LogP contribution in [0.4, 0.5) is 5.69 Å². The molecule has 31 heavy (non-hydrogen) atoms. The quantitative estimate of drug-likeness (QED) is 0.433. The van der Waals surface area contributed by atoms with E-state index >= 15 is 0 Å². The molecule has 5 rings (SSSR count). The first-order valence-corrected chi connectivity index (χ1v) is 9.68. The number of carbonyl (C=O) groups is 1. The predicted octanol–water partition coefficient (Wildman–Crippen LogP) is 4.31. The number of pyridine rings is 1. The molecule has 0 bridgehead atoms. The minimum atomic E-state index is -0.437. The molecule has 1 aliphatic rings. The molecule has 2 aromatic heterocycles. The topological polar surface area (TPSA) is 96.6 Å². The second kappa shape index (κ2) is 6.91. The Kier molecular flexibility index (Phi) is 4.18. The molecular formula is C24H19N3O4. The van der Waals surface area contributed by atoms with E-state index in [0.29, 0.717) is 0 Å². The average molecular weight is 413 g/mol. The van der Waals surface area contributed by atoms with E-state index in [0.717, 1.165) is 39.5 Å². The summed E-state index contributed by atoms with van der Waals surface area (Å²) >= 11 is 0. The lowest BCUT2D eigenvalue weighted by molar-refractivity contribution is 0.101. The third kappa shape index (κ3) is 2.98. The van der Waals surface area contributed by atoms with E-state index in [-0.39, 0.29) is 28.6 Å². The molecule has 7 nitrogen and oxygen atoms in total. The van der Waals surface area contributed by atoms with Gasteiger partial charge in [-0.25, -0.2) is 4.98 Å². The average Bonchev–Trinajstić information content (AvgIpc) is 3.25. The van der Waals surface area contributed by atoms with Gasteiger partial charge in [-0.3, -0.25) is 4.79 Å². The number of phenols is 2. The Morgan fingerprint density at radius 3 is 2.65 bits per heavy atom. The van der Waals surface area contributed by atoms with Gasteiger partial charge in [0.25, 0.3) is 0 Å². The predicted molar refractivity (Wildman–Crippen MR) is 118 cm³/mol. The summed E-state index contributed by atoms with van der Waals surface area (Å²) in [5.41, 5.74) is 4.58. The summed E-state index contributed by atoms with van der Waals surface area (Å²) in [7, 11) is 3.76. The van der Waals surface area contributed by atoms with Crippen molar-refractivity contribution in [1.82, 2.24) is 9.55 Å². The van der Waals surface area contributed by atoms with Crippen molar-refractivity contribution in [3.8, 4) is 28.4 Å². The summed E-state index contributed by atoms with van der Waals surface area (Å²) in [6.07, 6.45) is 5.29. The van der Waals surface area contributed by atoms with Crippen molar-refractivity contribution in [2.75, 3.05) is 12.4 Å². The van der Waals surface area contributed by atoms with Gasteiger partial charge in [-0.1, -0.05) is 12.1 Å². The number of nitrogens with zero attached hydrogens (tertiary/aromatic N) is 2. The number of anilines is 1. The Labute approximate surface area is 177 Å². The Morgan fingerprint density at radius 1 is 1.13 bits per heavy atom. The number of rotatable bonds is 3. The molecule has 3 N–H and O–H groups in total. The summed E-state index contributed by atoms with van der Waals surface area (Å²) in [5.74, 6) is -0.715. The van der Waals surface area contributed by atoms with Crippen molar-refractivity contribution < 1.29 is 19.7 Å². The van der Waals surface area contributed by atoms with E-state index in [9.17, 15) is 15.0 Å². The number of hydrogen-bond acceptors (Lipinski definition) is 6. The molecular weight excluding hydrogens is 394 g/mol. The van der Waals surface area contributed by atoms with E-state index in [2.05, 4.69) is 10.3 Å². The maximum Gasteiger partial charge on any atom is 0.235 e. The second-order valence-electron chi connectivity index (χ2n) is 7.36. The van der Waals surface area contributed by atoms with E-state index in [1.54, 1.807) is 12.3 Å². The normalized spacial score (nSPS) is 14.1. The molecule has 0 spiro atoms. The van der Waals surface area contributed by atoms with Crippen LogP contribution in [0.3, 0.4) is 0 Å². The molecule has 0 unspecified atom stereocenters. The van der Waals surface area contributed by atoms with Crippen molar-refractivity contribution in [1.29, 1.82) is 0 Å². The van der Waals surface area contributed by atoms with Crippen LogP contribution in [-0.4, -0.2) is 32.6 Å². The molecule has 4 aromatic rings. The number of phenolic OH excluding ortho intramolecular Hbond substituents is 2. The number of ether oxygens (including phenoxy) is 1. The van der Waals surface area contributed by atoms with E-state index in [4.69, 9.17) is 4.74 Å². The number of ketones is 1. The zero-order valence-corrected chi connectivity index (χ0v) is 16.9. The van der Waals surface area contributed by atoms with Crippen molar-refractivity contribution in [2.45, 2.75) is 0 Å². The molecule has 0 atom stereocenters. The number of nitrogens with one attached hydrogen (secondary N) is 1.